The smallest absolute Gasteiger partial charge is 0.130 e. The number of rotatable bonds is 6. The molecule has 2 aromatic heterocycles. The quantitative estimate of drug-likeness (QED) is 0.891. The van der Waals surface area contributed by atoms with Crippen LogP contribution in [0.15, 0.2) is 5.38 Å². The molecule has 5 nitrogen and oxygen atoms in total. The second-order valence-electron chi connectivity index (χ2n) is 5.85. The van der Waals surface area contributed by atoms with Crippen LogP contribution in [-0.2, 0) is 20.1 Å². The van der Waals surface area contributed by atoms with E-state index >= 15 is 0 Å². The molecule has 0 radical (unpaired) electrons. The molecule has 0 saturated carbocycles. The van der Waals surface area contributed by atoms with Gasteiger partial charge in [0.2, 0.25) is 0 Å². The molecule has 0 bridgehead atoms. The van der Waals surface area contributed by atoms with Crippen LogP contribution >= 0.6 is 11.3 Å². The summed E-state index contributed by atoms with van der Waals surface area (Å²) in [5.74, 6) is 1.59. The van der Waals surface area contributed by atoms with Crippen molar-refractivity contribution < 1.29 is 0 Å². The predicted molar refractivity (Wildman–Crippen MR) is 89.0 cm³/mol. The van der Waals surface area contributed by atoms with Crippen molar-refractivity contribution in [2.45, 2.75) is 39.8 Å². The summed E-state index contributed by atoms with van der Waals surface area (Å²) in [6, 6.07) is 0. The van der Waals surface area contributed by atoms with Gasteiger partial charge in [-0.1, -0.05) is 13.8 Å². The average molecular weight is 307 g/mol. The highest BCUT2D eigenvalue weighted by Crippen LogP contribution is 2.27. The van der Waals surface area contributed by atoms with Gasteiger partial charge in [-0.3, -0.25) is 4.68 Å². The van der Waals surface area contributed by atoms with Crippen molar-refractivity contribution >= 4 is 17.2 Å². The Morgan fingerprint density at radius 3 is 2.57 bits per heavy atom. The highest BCUT2D eigenvalue weighted by molar-refractivity contribution is 7.09. The Labute approximate surface area is 131 Å². The maximum Gasteiger partial charge on any atom is 0.130 e. The third-order valence-corrected chi connectivity index (χ3v) is 4.33. The van der Waals surface area contributed by atoms with Crippen LogP contribution in [-0.4, -0.2) is 28.9 Å². The third-order valence-electron chi connectivity index (χ3n) is 3.36. The molecule has 0 aliphatic heterocycles. The zero-order valence-electron chi connectivity index (χ0n) is 13.8. The lowest BCUT2D eigenvalue weighted by molar-refractivity contribution is 0.674. The molecule has 2 aromatic rings. The molecule has 0 atom stereocenters. The summed E-state index contributed by atoms with van der Waals surface area (Å²) in [5, 5.41) is 11.4. The van der Waals surface area contributed by atoms with Gasteiger partial charge in [0.05, 0.1) is 5.69 Å². The molecule has 2 heterocycles. The highest BCUT2D eigenvalue weighted by Gasteiger charge is 2.19. The number of nitrogens with one attached hydrogen (secondary N) is 1. The predicted octanol–water partition coefficient (Wildman–Crippen LogP) is 2.66. The second kappa shape index (κ2) is 6.58. The molecule has 0 aromatic carbocycles. The van der Waals surface area contributed by atoms with E-state index in [1.54, 1.807) is 11.3 Å². The highest BCUT2D eigenvalue weighted by atomic mass is 32.1. The summed E-state index contributed by atoms with van der Waals surface area (Å²) in [4.78, 5) is 6.62. The molecule has 0 aliphatic carbocycles. The molecule has 21 heavy (non-hydrogen) atoms. The fourth-order valence-electron chi connectivity index (χ4n) is 2.55. The number of anilines is 1. The fraction of sp³-hybridized carbons (Fsp3) is 0.600. The number of hydrogen-bond donors (Lipinski definition) is 1. The van der Waals surface area contributed by atoms with E-state index in [4.69, 9.17) is 0 Å². The number of nitrogens with zero attached hydrogens (tertiary/aromatic N) is 4. The van der Waals surface area contributed by atoms with Crippen molar-refractivity contribution in [2.75, 3.05) is 19.0 Å². The Kier molecular flexibility index (Phi) is 5.00. The molecule has 116 valence electrons. The van der Waals surface area contributed by atoms with Crippen molar-refractivity contribution in [1.29, 1.82) is 0 Å². The molecular weight excluding hydrogens is 282 g/mol. The van der Waals surface area contributed by atoms with Crippen LogP contribution in [0.3, 0.4) is 0 Å². The molecule has 0 unspecified atom stereocenters. The number of aromatic nitrogens is 3. The SMILES string of the molecule is Cc1csc(CNCc2c(C(C)C)nn(C)c2N(C)C)n1. The average Bonchev–Trinajstić information content (AvgIpc) is 2.93. The van der Waals surface area contributed by atoms with Crippen molar-refractivity contribution in [1.82, 2.24) is 20.1 Å². The largest absolute Gasteiger partial charge is 0.363 e. The van der Waals surface area contributed by atoms with E-state index in [1.165, 1.54) is 17.1 Å². The van der Waals surface area contributed by atoms with Crippen molar-refractivity contribution in [2.24, 2.45) is 7.05 Å². The second-order valence-corrected chi connectivity index (χ2v) is 6.79. The van der Waals surface area contributed by atoms with Gasteiger partial charge in [-0.25, -0.2) is 4.98 Å². The molecule has 0 spiro atoms. The topological polar surface area (TPSA) is 46.0 Å². The first-order chi connectivity index (χ1) is 9.90. The number of thiazole rings is 1. The minimum absolute atomic E-state index is 0.420. The first-order valence-corrected chi connectivity index (χ1v) is 8.13. The van der Waals surface area contributed by atoms with Crippen molar-refractivity contribution in [3.05, 3.63) is 27.3 Å². The summed E-state index contributed by atoms with van der Waals surface area (Å²) in [6.07, 6.45) is 0. The van der Waals surface area contributed by atoms with Crippen LogP contribution in [0.1, 0.15) is 41.7 Å². The van der Waals surface area contributed by atoms with Gasteiger partial charge < -0.3 is 10.2 Å². The van der Waals surface area contributed by atoms with Crippen LogP contribution in [0.4, 0.5) is 5.82 Å². The molecular formula is C15H25N5S. The summed E-state index contributed by atoms with van der Waals surface area (Å²) in [6.45, 7) is 8.03. The maximum atomic E-state index is 4.68. The van der Waals surface area contributed by atoms with Crippen LogP contribution < -0.4 is 10.2 Å². The van der Waals surface area contributed by atoms with E-state index in [2.05, 4.69) is 53.6 Å². The normalized spacial score (nSPS) is 11.4. The van der Waals surface area contributed by atoms with Gasteiger partial charge in [0.25, 0.3) is 0 Å². The van der Waals surface area contributed by atoms with Crippen LogP contribution in [0.2, 0.25) is 0 Å². The fourth-order valence-corrected chi connectivity index (χ4v) is 3.29. The first kappa shape index (κ1) is 16.0. The van der Waals surface area contributed by atoms with Gasteiger partial charge in [-0.15, -0.1) is 11.3 Å². The molecule has 0 aliphatic rings. The molecule has 1 N–H and O–H groups in total. The van der Waals surface area contributed by atoms with Crippen LogP contribution in [0, 0.1) is 6.92 Å². The van der Waals surface area contributed by atoms with Crippen LogP contribution in [0.5, 0.6) is 0 Å². The Bertz CT molecular complexity index is 597. The molecule has 6 heteroatoms. The Balaban J connectivity index is 2.14. The van der Waals surface area contributed by atoms with E-state index in [0.717, 1.165) is 23.8 Å². The summed E-state index contributed by atoms with van der Waals surface area (Å²) >= 11 is 1.71. The summed E-state index contributed by atoms with van der Waals surface area (Å²) < 4.78 is 1.97. The van der Waals surface area contributed by atoms with E-state index in [1.807, 2.05) is 18.7 Å². The van der Waals surface area contributed by atoms with E-state index in [9.17, 15) is 0 Å². The van der Waals surface area contributed by atoms with Gasteiger partial charge >= 0.3 is 0 Å². The van der Waals surface area contributed by atoms with Crippen molar-refractivity contribution in [3.8, 4) is 0 Å². The van der Waals surface area contributed by atoms with Gasteiger partial charge in [-0.2, -0.15) is 5.10 Å². The van der Waals surface area contributed by atoms with Crippen LogP contribution in [0.25, 0.3) is 0 Å². The molecule has 0 amide bonds. The maximum absolute atomic E-state index is 4.68. The monoisotopic (exact) mass is 307 g/mol. The van der Waals surface area contributed by atoms with Gasteiger partial charge in [0, 0.05) is 50.9 Å². The molecule has 2 rings (SSSR count). The van der Waals surface area contributed by atoms with Gasteiger partial charge in [0.15, 0.2) is 0 Å². The third kappa shape index (κ3) is 3.63. The van der Waals surface area contributed by atoms with Gasteiger partial charge in [-0.05, 0) is 12.8 Å². The number of aryl methyl sites for hydroxylation is 2. The lowest BCUT2D eigenvalue weighted by Crippen LogP contribution is -2.19. The van der Waals surface area contributed by atoms with Crippen molar-refractivity contribution in [3.63, 3.8) is 0 Å². The lowest BCUT2D eigenvalue weighted by Gasteiger charge is -2.16. The Morgan fingerprint density at radius 2 is 2.05 bits per heavy atom. The number of hydrogen-bond acceptors (Lipinski definition) is 5. The minimum atomic E-state index is 0.420. The first-order valence-electron chi connectivity index (χ1n) is 7.25. The van der Waals surface area contributed by atoms with E-state index in [0.29, 0.717) is 5.92 Å². The standard InChI is InChI=1S/C15H25N5S/c1-10(2)14-12(15(19(4)5)20(6)18-14)7-16-8-13-17-11(3)9-21-13/h9-10,16H,7-8H2,1-6H3. The zero-order chi connectivity index (χ0) is 15.6. The minimum Gasteiger partial charge on any atom is -0.363 e. The van der Waals surface area contributed by atoms with Gasteiger partial charge in [0.1, 0.15) is 10.8 Å². The Hall–Kier alpha value is -1.40. The summed E-state index contributed by atoms with van der Waals surface area (Å²) in [7, 11) is 6.14. The summed E-state index contributed by atoms with van der Waals surface area (Å²) in [5.41, 5.74) is 3.55. The van der Waals surface area contributed by atoms with E-state index < -0.39 is 0 Å². The van der Waals surface area contributed by atoms with E-state index in [-0.39, 0.29) is 0 Å². The molecule has 0 fully saturated rings. The Morgan fingerprint density at radius 1 is 1.33 bits per heavy atom. The zero-order valence-corrected chi connectivity index (χ0v) is 14.6. The molecule has 0 saturated heterocycles. The lowest BCUT2D eigenvalue weighted by atomic mass is 10.1.